The average Bonchev–Trinajstić information content (AvgIpc) is 3.24. The highest BCUT2D eigenvalue weighted by atomic mass is 32.1. The third-order valence-electron chi connectivity index (χ3n) is 4.14. The van der Waals surface area contributed by atoms with Crippen LogP contribution in [0.15, 0.2) is 21.9 Å². The van der Waals surface area contributed by atoms with Gasteiger partial charge in [0.25, 0.3) is 5.89 Å². The number of ether oxygens (including phenoxy) is 1. The summed E-state index contributed by atoms with van der Waals surface area (Å²) in [6, 6.07) is 3.99. The van der Waals surface area contributed by atoms with Gasteiger partial charge in [-0.3, -0.25) is 9.69 Å². The molecule has 0 N–H and O–H groups in total. The van der Waals surface area contributed by atoms with Crippen molar-refractivity contribution in [2.75, 3.05) is 20.2 Å². The van der Waals surface area contributed by atoms with Gasteiger partial charge in [0.05, 0.1) is 23.9 Å². The molecule has 3 heterocycles. The fourth-order valence-electron chi connectivity index (χ4n) is 2.75. The van der Waals surface area contributed by atoms with Crippen molar-refractivity contribution in [1.29, 1.82) is 0 Å². The van der Waals surface area contributed by atoms with Crippen molar-refractivity contribution in [1.82, 2.24) is 15.1 Å². The summed E-state index contributed by atoms with van der Waals surface area (Å²) < 4.78 is 10.6. The first-order valence-electron chi connectivity index (χ1n) is 7.38. The third-order valence-corrected chi connectivity index (χ3v) is 5.00. The number of methoxy groups -OCH3 is 1. The highest BCUT2D eigenvalue weighted by molar-refractivity contribution is 7.13. The Hall–Kier alpha value is -1.73. The summed E-state index contributed by atoms with van der Waals surface area (Å²) in [5.74, 6) is 1.10. The van der Waals surface area contributed by atoms with Gasteiger partial charge in [-0.15, -0.1) is 21.5 Å². The van der Waals surface area contributed by atoms with Gasteiger partial charge in [0.1, 0.15) is 0 Å². The fourth-order valence-corrected chi connectivity index (χ4v) is 3.39. The molecule has 0 aromatic carbocycles. The average molecular weight is 321 g/mol. The molecular weight excluding hydrogens is 302 g/mol. The second kappa shape index (κ2) is 6.58. The van der Waals surface area contributed by atoms with Crippen LogP contribution in [0.25, 0.3) is 10.8 Å². The van der Waals surface area contributed by atoms with E-state index in [1.54, 1.807) is 11.3 Å². The number of aromatic nitrogens is 2. The van der Waals surface area contributed by atoms with E-state index in [2.05, 4.69) is 22.0 Å². The first-order valence-corrected chi connectivity index (χ1v) is 8.26. The minimum absolute atomic E-state index is 0.0119. The largest absolute Gasteiger partial charge is 0.469 e. The maximum absolute atomic E-state index is 11.6. The number of rotatable bonds is 4. The fraction of sp³-hybridized carbons (Fsp3) is 0.533. The third kappa shape index (κ3) is 3.05. The van der Waals surface area contributed by atoms with Crippen LogP contribution in [0.1, 0.15) is 31.7 Å². The summed E-state index contributed by atoms with van der Waals surface area (Å²) in [7, 11) is 1.45. The number of piperidine rings is 1. The summed E-state index contributed by atoms with van der Waals surface area (Å²) >= 11 is 1.58. The minimum Gasteiger partial charge on any atom is -0.469 e. The second-order valence-electron chi connectivity index (χ2n) is 5.43. The maximum Gasteiger partial charge on any atom is 0.308 e. The molecule has 1 fully saturated rings. The first-order chi connectivity index (χ1) is 10.7. The molecule has 0 aliphatic carbocycles. The van der Waals surface area contributed by atoms with E-state index in [1.807, 2.05) is 17.5 Å². The second-order valence-corrected chi connectivity index (χ2v) is 6.38. The Kier molecular flexibility index (Phi) is 4.54. The van der Waals surface area contributed by atoms with Crippen molar-refractivity contribution in [2.24, 2.45) is 5.92 Å². The van der Waals surface area contributed by atoms with Crippen LogP contribution in [-0.4, -0.2) is 41.3 Å². The van der Waals surface area contributed by atoms with Crippen LogP contribution in [0.3, 0.4) is 0 Å². The highest BCUT2D eigenvalue weighted by Crippen LogP contribution is 2.29. The Morgan fingerprint density at radius 2 is 2.23 bits per heavy atom. The molecular formula is C15H19N3O3S. The van der Waals surface area contributed by atoms with Crippen LogP contribution in [0.4, 0.5) is 0 Å². The smallest absolute Gasteiger partial charge is 0.308 e. The monoisotopic (exact) mass is 321 g/mol. The lowest BCUT2D eigenvalue weighted by Crippen LogP contribution is -2.38. The van der Waals surface area contributed by atoms with E-state index >= 15 is 0 Å². The molecule has 1 aliphatic heterocycles. The molecule has 7 heteroatoms. The van der Waals surface area contributed by atoms with Crippen molar-refractivity contribution in [2.45, 2.75) is 25.8 Å². The van der Waals surface area contributed by atoms with Crippen LogP contribution >= 0.6 is 11.3 Å². The summed E-state index contributed by atoms with van der Waals surface area (Å²) in [5.41, 5.74) is 0. The van der Waals surface area contributed by atoms with Crippen molar-refractivity contribution < 1.29 is 13.9 Å². The summed E-state index contributed by atoms with van der Waals surface area (Å²) in [6.45, 7) is 3.72. The molecule has 0 unspecified atom stereocenters. The lowest BCUT2D eigenvalue weighted by molar-refractivity contribution is -0.147. The molecule has 1 saturated heterocycles. The van der Waals surface area contributed by atoms with E-state index in [1.165, 1.54) is 7.11 Å². The Balaban J connectivity index is 1.63. The van der Waals surface area contributed by atoms with E-state index in [0.29, 0.717) is 11.8 Å². The maximum atomic E-state index is 11.6. The molecule has 22 heavy (non-hydrogen) atoms. The Morgan fingerprint density at radius 1 is 1.45 bits per heavy atom. The Morgan fingerprint density at radius 3 is 2.86 bits per heavy atom. The predicted molar refractivity (Wildman–Crippen MR) is 82.3 cm³/mol. The molecule has 2 aromatic heterocycles. The molecule has 2 aromatic rings. The van der Waals surface area contributed by atoms with Crippen molar-refractivity contribution >= 4 is 17.3 Å². The van der Waals surface area contributed by atoms with Gasteiger partial charge in [0, 0.05) is 0 Å². The number of hydrogen-bond donors (Lipinski definition) is 0. The molecule has 1 atom stereocenters. The van der Waals surface area contributed by atoms with Crippen LogP contribution in [-0.2, 0) is 9.53 Å². The number of hydrogen-bond acceptors (Lipinski definition) is 7. The number of esters is 1. The van der Waals surface area contributed by atoms with E-state index in [-0.39, 0.29) is 17.9 Å². The summed E-state index contributed by atoms with van der Waals surface area (Å²) in [6.07, 6.45) is 1.62. The van der Waals surface area contributed by atoms with Gasteiger partial charge < -0.3 is 9.15 Å². The van der Waals surface area contributed by atoms with E-state index in [9.17, 15) is 4.79 Å². The molecule has 6 nitrogen and oxygen atoms in total. The molecule has 3 rings (SSSR count). The Labute approximate surface area is 133 Å². The standard InChI is InChI=1S/C15H19N3O3S/c1-10(18-7-5-11(6-8-18)15(19)20-2)13-16-17-14(21-13)12-4-3-9-22-12/h3-4,9-11H,5-8H2,1-2H3/t10-/m1/s1. The van der Waals surface area contributed by atoms with Crippen LogP contribution in [0, 0.1) is 5.92 Å². The number of carbonyl (C=O) groups is 1. The van der Waals surface area contributed by atoms with Crippen molar-refractivity contribution in [3.63, 3.8) is 0 Å². The minimum atomic E-state index is -0.106. The van der Waals surface area contributed by atoms with Gasteiger partial charge in [0.2, 0.25) is 5.89 Å². The summed E-state index contributed by atoms with van der Waals surface area (Å²) in [5, 5.41) is 10.3. The molecule has 118 valence electrons. The van der Waals surface area contributed by atoms with E-state index in [4.69, 9.17) is 9.15 Å². The predicted octanol–water partition coefficient (Wildman–Crippen LogP) is 2.74. The molecule has 0 radical (unpaired) electrons. The first kappa shape index (κ1) is 15.2. The van der Waals surface area contributed by atoms with Crippen LogP contribution < -0.4 is 0 Å². The molecule has 0 amide bonds. The normalized spacial score (nSPS) is 18.3. The zero-order valence-corrected chi connectivity index (χ0v) is 13.5. The molecule has 0 spiro atoms. The zero-order chi connectivity index (χ0) is 15.5. The van der Waals surface area contributed by atoms with Crippen molar-refractivity contribution in [3.8, 4) is 10.8 Å². The van der Waals surface area contributed by atoms with Crippen LogP contribution in [0.2, 0.25) is 0 Å². The SMILES string of the molecule is COC(=O)C1CCN([C@H](C)c2nnc(-c3cccs3)o2)CC1. The van der Waals surface area contributed by atoms with Gasteiger partial charge in [-0.25, -0.2) is 0 Å². The lowest BCUT2D eigenvalue weighted by atomic mass is 9.96. The highest BCUT2D eigenvalue weighted by Gasteiger charge is 2.30. The van der Waals surface area contributed by atoms with E-state index in [0.717, 1.165) is 30.8 Å². The molecule has 0 saturated carbocycles. The molecule has 0 bridgehead atoms. The van der Waals surface area contributed by atoms with E-state index < -0.39 is 0 Å². The summed E-state index contributed by atoms with van der Waals surface area (Å²) in [4.78, 5) is 14.8. The quantitative estimate of drug-likeness (QED) is 0.807. The lowest BCUT2D eigenvalue weighted by Gasteiger charge is -2.33. The number of likely N-dealkylation sites (tertiary alicyclic amines) is 1. The Bertz CT molecular complexity index is 618. The number of thiophene rings is 1. The number of carbonyl (C=O) groups excluding carboxylic acids is 1. The van der Waals surface area contributed by atoms with Crippen molar-refractivity contribution in [3.05, 3.63) is 23.4 Å². The van der Waals surface area contributed by atoms with Gasteiger partial charge in [-0.1, -0.05) is 6.07 Å². The van der Waals surface area contributed by atoms with Gasteiger partial charge >= 0.3 is 5.97 Å². The van der Waals surface area contributed by atoms with Gasteiger partial charge in [-0.2, -0.15) is 0 Å². The molecule has 1 aliphatic rings. The number of nitrogens with zero attached hydrogens (tertiary/aromatic N) is 3. The van der Waals surface area contributed by atoms with Gasteiger partial charge in [-0.05, 0) is 44.3 Å². The topological polar surface area (TPSA) is 68.5 Å². The van der Waals surface area contributed by atoms with Gasteiger partial charge in [0.15, 0.2) is 0 Å². The zero-order valence-electron chi connectivity index (χ0n) is 12.7. The van der Waals surface area contributed by atoms with Crippen LogP contribution in [0.5, 0.6) is 0 Å².